The van der Waals surface area contributed by atoms with Gasteiger partial charge in [0.2, 0.25) is 0 Å². The van der Waals surface area contributed by atoms with Crippen LogP contribution in [0.15, 0.2) is 0 Å². The zero-order valence-electron chi connectivity index (χ0n) is 8.75. The average Bonchev–Trinajstić information content (AvgIpc) is 2.90. The number of hydrogen-bond donors (Lipinski definition) is 2. The summed E-state index contributed by atoms with van der Waals surface area (Å²) in [6.45, 7) is 5.02. The van der Waals surface area contributed by atoms with E-state index in [2.05, 4.69) is 12.3 Å². The van der Waals surface area contributed by atoms with Gasteiger partial charge in [-0.2, -0.15) is 0 Å². The molecule has 1 aliphatic rings. The first-order chi connectivity index (χ1) is 6.33. The fourth-order valence-electron chi connectivity index (χ4n) is 1.87. The van der Waals surface area contributed by atoms with Crippen molar-refractivity contribution in [2.45, 2.75) is 51.7 Å². The van der Waals surface area contributed by atoms with Gasteiger partial charge in [0.1, 0.15) is 0 Å². The number of nitrogens with one attached hydrogen (secondary N) is 1. The first kappa shape index (κ1) is 11.0. The Bertz CT molecular complexity index is 131. The highest BCUT2D eigenvalue weighted by atomic mass is 16.5. The predicted molar refractivity (Wildman–Crippen MR) is 54.2 cm³/mol. The predicted octanol–water partition coefficient (Wildman–Crippen LogP) is 1.43. The molecule has 1 saturated carbocycles. The minimum absolute atomic E-state index is 0.312. The zero-order chi connectivity index (χ0) is 9.68. The van der Waals surface area contributed by atoms with E-state index in [4.69, 9.17) is 10.6 Å². The summed E-state index contributed by atoms with van der Waals surface area (Å²) >= 11 is 0. The molecule has 3 heteroatoms. The summed E-state index contributed by atoms with van der Waals surface area (Å²) in [6, 6.07) is 0.375. The Hall–Kier alpha value is -0.120. The maximum Gasteiger partial charge on any atom is 0.0743 e. The molecule has 0 aromatic heterocycles. The molecule has 0 heterocycles. The van der Waals surface area contributed by atoms with Crippen LogP contribution in [0.1, 0.15) is 39.5 Å². The van der Waals surface area contributed by atoms with E-state index < -0.39 is 0 Å². The molecule has 3 N–H and O–H groups in total. The lowest BCUT2D eigenvalue weighted by Gasteiger charge is -2.26. The van der Waals surface area contributed by atoms with Crippen molar-refractivity contribution in [3.8, 4) is 0 Å². The van der Waals surface area contributed by atoms with Gasteiger partial charge in [0.25, 0.3) is 0 Å². The molecule has 78 valence electrons. The summed E-state index contributed by atoms with van der Waals surface area (Å²) in [5.41, 5.74) is 2.91. The molecule has 0 bridgehead atoms. The summed E-state index contributed by atoms with van der Waals surface area (Å²) in [4.78, 5) is 0. The van der Waals surface area contributed by atoms with Gasteiger partial charge in [-0.1, -0.05) is 13.3 Å². The van der Waals surface area contributed by atoms with Gasteiger partial charge in [-0.15, -0.1) is 0 Å². The van der Waals surface area contributed by atoms with Crippen LogP contribution in [0, 0.1) is 5.92 Å². The average molecular weight is 186 g/mol. The largest absolute Gasteiger partial charge is 0.377 e. The van der Waals surface area contributed by atoms with Gasteiger partial charge in [0, 0.05) is 6.61 Å². The number of hydrogen-bond acceptors (Lipinski definition) is 3. The van der Waals surface area contributed by atoms with Crippen LogP contribution in [0.5, 0.6) is 0 Å². The minimum atomic E-state index is 0.312. The van der Waals surface area contributed by atoms with E-state index in [-0.39, 0.29) is 0 Å². The van der Waals surface area contributed by atoms with Crippen molar-refractivity contribution >= 4 is 0 Å². The van der Waals surface area contributed by atoms with Crippen LogP contribution in [0.3, 0.4) is 0 Å². The minimum Gasteiger partial charge on any atom is -0.377 e. The Kier molecular flexibility index (Phi) is 4.70. The molecule has 2 unspecified atom stereocenters. The zero-order valence-corrected chi connectivity index (χ0v) is 8.75. The van der Waals surface area contributed by atoms with Crippen LogP contribution in [-0.2, 0) is 4.74 Å². The molecule has 0 saturated heterocycles. The third-order valence-corrected chi connectivity index (χ3v) is 2.68. The molecule has 1 fully saturated rings. The maximum atomic E-state index is 5.69. The van der Waals surface area contributed by atoms with Crippen LogP contribution in [-0.4, -0.2) is 18.8 Å². The van der Waals surface area contributed by atoms with E-state index in [0.717, 1.165) is 25.4 Å². The maximum absolute atomic E-state index is 5.69. The monoisotopic (exact) mass is 186 g/mol. The summed E-state index contributed by atoms with van der Waals surface area (Å²) in [5, 5.41) is 0. The van der Waals surface area contributed by atoms with Crippen molar-refractivity contribution in [1.29, 1.82) is 0 Å². The summed E-state index contributed by atoms with van der Waals surface area (Å²) in [7, 11) is 0. The Balaban J connectivity index is 2.38. The molecule has 2 atom stereocenters. The van der Waals surface area contributed by atoms with Crippen LogP contribution in [0.2, 0.25) is 0 Å². The molecule has 0 aromatic carbocycles. The molecule has 0 radical (unpaired) electrons. The van der Waals surface area contributed by atoms with Crippen molar-refractivity contribution in [1.82, 2.24) is 5.43 Å². The Labute approximate surface area is 81.0 Å². The number of hydrazine groups is 1. The molecular weight excluding hydrogens is 164 g/mol. The molecule has 0 aliphatic heterocycles. The molecule has 1 aliphatic carbocycles. The summed E-state index contributed by atoms with van der Waals surface area (Å²) in [6.07, 6.45) is 5.20. The second-order valence-electron chi connectivity index (χ2n) is 3.81. The molecular formula is C10H22N2O. The van der Waals surface area contributed by atoms with Gasteiger partial charge in [-0.3, -0.25) is 11.3 Å². The van der Waals surface area contributed by atoms with Crippen LogP contribution in [0.25, 0.3) is 0 Å². The quantitative estimate of drug-likeness (QED) is 0.467. The fraction of sp³-hybridized carbons (Fsp3) is 1.00. The third kappa shape index (κ3) is 3.25. The van der Waals surface area contributed by atoms with Crippen LogP contribution in [0.4, 0.5) is 0 Å². The number of nitrogens with two attached hydrogens (primary N) is 1. The van der Waals surface area contributed by atoms with Crippen molar-refractivity contribution in [2.24, 2.45) is 11.8 Å². The van der Waals surface area contributed by atoms with E-state index >= 15 is 0 Å². The van der Waals surface area contributed by atoms with E-state index in [9.17, 15) is 0 Å². The van der Waals surface area contributed by atoms with E-state index in [1.165, 1.54) is 12.8 Å². The highest BCUT2D eigenvalue weighted by molar-refractivity contribution is 4.90. The lowest BCUT2D eigenvalue weighted by atomic mass is 10.0. The van der Waals surface area contributed by atoms with Gasteiger partial charge >= 0.3 is 0 Å². The van der Waals surface area contributed by atoms with Crippen molar-refractivity contribution in [3.63, 3.8) is 0 Å². The van der Waals surface area contributed by atoms with Gasteiger partial charge in [-0.05, 0) is 32.1 Å². The molecule has 0 aromatic rings. The molecule has 13 heavy (non-hydrogen) atoms. The second-order valence-corrected chi connectivity index (χ2v) is 3.81. The Morgan fingerprint density at radius 1 is 1.46 bits per heavy atom. The summed E-state index contributed by atoms with van der Waals surface area (Å²) in [5.74, 6) is 6.30. The third-order valence-electron chi connectivity index (χ3n) is 2.68. The fourth-order valence-corrected chi connectivity index (χ4v) is 1.87. The van der Waals surface area contributed by atoms with Gasteiger partial charge in [0.15, 0.2) is 0 Å². The molecule has 0 amide bonds. The second kappa shape index (κ2) is 5.58. The molecule has 0 spiro atoms. The van der Waals surface area contributed by atoms with E-state index in [0.29, 0.717) is 12.1 Å². The topological polar surface area (TPSA) is 47.3 Å². The van der Waals surface area contributed by atoms with Crippen molar-refractivity contribution < 1.29 is 4.74 Å². The number of rotatable bonds is 7. The normalized spacial score (nSPS) is 21.5. The van der Waals surface area contributed by atoms with Gasteiger partial charge in [-0.25, -0.2) is 0 Å². The first-order valence-electron chi connectivity index (χ1n) is 5.41. The van der Waals surface area contributed by atoms with E-state index in [1.54, 1.807) is 0 Å². The highest BCUT2D eigenvalue weighted by Gasteiger charge is 2.35. The molecule has 3 nitrogen and oxygen atoms in total. The van der Waals surface area contributed by atoms with Crippen LogP contribution >= 0.6 is 0 Å². The van der Waals surface area contributed by atoms with Crippen molar-refractivity contribution in [2.75, 3.05) is 6.61 Å². The molecule has 1 rings (SSSR count). The van der Waals surface area contributed by atoms with Gasteiger partial charge < -0.3 is 4.74 Å². The Morgan fingerprint density at radius 3 is 2.54 bits per heavy atom. The standard InChI is InChI=1S/C10H22N2O/c1-3-5-9(13-4-2)10(12-11)8-6-7-8/h8-10,12H,3-7,11H2,1-2H3. The summed E-state index contributed by atoms with van der Waals surface area (Å²) < 4.78 is 5.69. The lowest BCUT2D eigenvalue weighted by molar-refractivity contribution is 0.0223. The smallest absolute Gasteiger partial charge is 0.0743 e. The Morgan fingerprint density at radius 2 is 2.15 bits per heavy atom. The van der Waals surface area contributed by atoms with E-state index in [1.807, 2.05) is 6.92 Å². The van der Waals surface area contributed by atoms with Crippen LogP contribution < -0.4 is 11.3 Å². The lowest BCUT2D eigenvalue weighted by Crippen LogP contribution is -2.46. The number of ether oxygens (including phenoxy) is 1. The van der Waals surface area contributed by atoms with Gasteiger partial charge in [0.05, 0.1) is 12.1 Å². The first-order valence-corrected chi connectivity index (χ1v) is 5.41. The highest BCUT2D eigenvalue weighted by Crippen LogP contribution is 2.35. The SMILES string of the molecule is CCCC(OCC)C(NN)C1CC1. The van der Waals surface area contributed by atoms with Crippen molar-refractivity contribution in [3.05, 3.63) is 0 Å².